The molecule has 1 atom stereocenters. The van der Waals surface area contributed by atoms with Gasteiger partial charge >= 0.3 is 12.0 Å². The van der Waals surface area contributed by atoms with E-state index in [4.69, 9.17) is 9.47 Å². The Morgan fingerprint density at radius 1 is 1.17 bits per heavy atom. The Balaban J connectivity index is 1.86. The molecule has 1 heterocycles. The molecule has 0 saturated heterocycles. The van der Waals surface area contributed by atoms with Crippen LogP contribution in [0.1, 0.15) is 52.2 Å². The molecule has 134 valence electrons. The number of alkyl halides is 1. The summed E-state index contributed by atoms with van der Waals surface area (Å²) in [4.78, 5) is 24.9. The van der Waals surface area contributed by atoms with Crippen molar-refractivity contribution in [2.24, 2.45) is 10.8 Å². The minimum absolute atomic E-state index is 0.00415. The van der Waals surface area contributed by atoms with Gasteiger partial charge in [0, 0.05) is 3.42 Å². The van der Waals surface area contributed by atoms with Crippen LogP contribution < -0.4 is 4.74 Å². The molecule has 1 unspecified atom stereocenters. The summed E-state index contributed by atoms with van der Waals surface area (Å²) >= 11 is 2.40. The van der Waals surface area contributed by atoms with Gasteiger partial charge in [0.2, 0.25) is 0 Å². The molecular weight excluding hydrogens is 421 g/mol. The maximum absolute atomic E-state index is 12.6. The SMILES string of the molecule is Cc1nc(C)nc(OCCOC(=O)C2(CC(C)(C)I)CC2(C)C)n1. The topological polar surface area (TPSA) is 74.2 Å². The van der Waals surface area contributed by atoms with Crippen molar-refractivity contribution in [1.82, 2.24) is 15.0 Å². The van der Waals surface area contributed by atoms with E-state index in [1.165, 1.54) is 0 Å². The largest absolute Gasteiger partial charge is 0.462 e. The van der Waals surface area contributed by atoms with Crippen LogP contribution in [-0.2, 0) is 9.53 Å². The summed E-state index contributed by atoms with van der Waals surface area (Å²) < 4.78 is 11.0. The van der Waals surface area contributed by atoms with Gasteiger partial charge < -0.3 is 9.47 Å². The molecule has 0 aromatic carbocycles. The van der Waals surface area contributed by atoms with Gasteiger partial charge in [0.15, 0.2) is 0 Å². The van der Waals surface area contributed by atoms with Gasteiger partial charge in [-0.2, -0.15) is 9.97 Å². The lowest BCUT2D eigenvalue weighted by molar-refractivity contribution is -0.153. The molecule has 1 aromatic heterocycles. The number of carbonyl (C=O) groups excluding carboxylic acids is 1. The highest BCUT2D eigenvalue weighted by Gasteiger charge is 2.68. The Kier molecular flexibility index (Phi) is 5.42. The zero-order valence-electron chi connectivity index (χ0n) is 15.3. The quantitative estimate of drug-likeness (QED) is 0.276. The van der Waals surface area contributed by atoms with Crippen LogP contribution in [0.25, 0.3) is 0 Å². The molecule has 24 heavy (non-hydrogen) atoms. The predicted molar refractivity (Wildman–Crippen MR) is 99.3 cm³/mol. The molecule has 1 aromatic rings. The highest BCUT2D eigenvalue weighted by Crippen LogP contribution is 2.68. The summed E-state index contributed by atoms with van der Waals surface area (Å²) in [5.74, 6) is 1.10. The Labute approximate surface area is 157 Å². The maximum Gasteiger partial charge on any atom is 0.320 e. The van der Waals surface area contributed by atoms with Crippen LogP contribution in [0, 0.1) is 24.7 Å². The lowest BCUT2D eigenvalue weighted by Gasteiger charge is -2.26. The van der Waals surface area contributed by atoms with Gasteiger partial charge in [-0.05, 0) is 32.1 Å². The van der Waals surface area contributed by atoms with Crippen LogP contribution in [0.2, 0.25) is 0 Å². The van der Waals surface area contributed by atoms with Gasteiger partial charge in [0.05, 0.1) is 5.41 Å². The van der Waals surface area contributed by atoms with E-state index in [0.29, 0.717) is 11.6 Å². The Morgan fingerprint density at radius 3 is 2.17 bits per heavy atom. The van der Waals surface area contributed by atoms with Gasteiger partial charge in [-0.25, -0.2) is 4.98 Å². The summed E-state index contributed by atoms with van der Waals surface area (Å²) in [5, 5.41) is 0. The molecule has 1 aliphatic carbocycles. The van der Waals surface area contributed by atoms with Crippen molar-refractivity contribution in [3.05, 3.63) is 11.6 Å². The monoisotopic (exact) mass is 447 g/mol. The maximum atomic E-state index is 12.6. The van der Waals surface area contributed by atoms with Crippen molar-refractivity contribution in [3.63, 3.8) is 0 Å². The summed E-state index contributed by atoms with van der Waals surface area (Å²) in [5.41, 5.74) is -0.381. The first-order valence-electron chi connectivity index (χ1n) is 8.13. The van der Waals surface area contributed by atoms with Crippen molar-refractivity contribution < 1.29 is 14.3 Å². The number of ether oxygens (including phenoxy) is 2. The molecule has 0 bridgehead atoms. The molecule has 0 N–H and O–H groups in total. The van der Waals surface area contributed by atoms with E-state index in [0.717, 1.165) is 12.8 Å². The number of nitrogens with zero attached hydrogens (tertiary/aromatic N) is 3. The average Bonchev–Trinajstić information content (AvgIpc) is 2.93. The third-order valence-corrected chi connectivity index (χ3v) is 4.79. The molecule has 1 fully saturated rings. The number of halogens is 1. The minimum atomic E-state index is -0.377. The Morgan fingerprint density at radius 2 is 1.71 bits per heavy atom. The molecule has 1 aliphatic rings. The zero-order valence-corrected chi connectivity index (χ0v) is 17.4. The van der Waals surface area contributed by atoms with Crippen molar-refractivity contribution in [3.8, 4) is 6.01 Å². The average molecular weight is 447 g/mol. The zero-order chi connectivity index (χ0) is 18.2. The van der Waals surface area contributed by atoms with Crippen LogP contribution >= 0.6 is 22.6 Å². The molecule has 7 heteroatoms. The summed E-state index contributed by atoms with van der Waals surface area (Å²) in [6.07, 6.45) is 1.69. The molecule has 1 saturated carbocycles. The fraction of sp³-hybridized carbons (Fsp3) is 0.765. The lowest BCUT2D eigenvalue weighted by Crippen LogP contribution is -2.31. The highest BCUT2D eigenvalue weighted by atomic mass is 127. The smallest absolute Gasteiger partial charge is 0.320 e. The predicted octanol–water partition coefficient (Wildman–Crippen LogP) is 3.43. The number of esters is 1. The van der Waals surface area contributed by atoms with Gasteiger partial charge in [-0.3, -0.25) is 4.79 Å². The fourth-order valence-corrected chi connectivity index (χ4v) is 3.86. The standard InChI is InChI=1S/C17H26IN3O3/c1-11-19-12(2)21-14(20-11)24-8-7-23-13(22)17(9-15(17,3)4)10-16(5,6)18/h7-10H2,1-6H3. The number of aromatic nitrogens is 3. The third-order valence-electron chi connectivity index (χ3n) is 4.41. The molecular formula is C17H26IN3O3. The van der Waals surface area contributed by atoms with Gasteiger partial charge in [-0.15, -0.1) is 0 Å². The first kappa shape index (κ1) is 19.3. The van der Waals surface area contributed by atoms with Crippen molar-refractivity contribution in [2.45, 2.75) is 57.8 Å². The van der Waals surface area contributed by atoms with E-state index in [9.17, 15) is 4.79 Å². The van der Waals surface area contributed by atoms with E-state index in [2.05, 4.69) is 65.2 Å². The van der Waals surface area contributed by atoms with E-state index < -0.39 is 0 Å². The molecule has 0 radical (unpaired) electrons. The minimum Gasteiger partial charge on any atom is -0.462 e. The molecule has 6 nitrogen and oxygen atoms in total. The van der Waals surface area contributed by atoms with Crippen LogP contribution in [-0.4, -0.2) is 37.6 Å². The van der Waals surface area contributed by atoms with Crippen molar-refractivity contribution in [1.29, 1.82) is 0 Å². The van der Waals surface area contributed by atoms with Crippen LogP contribution in [0.5, 0.6) is 6.01 Å². The van der Waals surface area contributed by atoms with Crippen LogP contribution in [0.4, 0.5) is 0 Å². The van der Waals surface area contributed by atoms with Gasteiger partial charge in [0.25, 0.3) is 0 Å². The normalized spacial score (nSPS) is 22.1. The second kappa shape index (κ2) is 6.72. The second-order valence-electron chi connectivity index (χ2n) is 7.74. The molecule has 0 aliphatic heterocycles. The van der Waals surface area contributed by atoms with E-state index in [1.54, 1.807) is 13.8 Å². The number of hydrogen-bond donors (Lipinski definition) is 0. The summed E-state index contributed by atoms with van der Waals surface area (Å²) in [6, 6.07) is 0.269. The summed E-state index contributed by atoms with van der Waals surface area (Å²) in [7, 11) is 0. The van der Waals surface area contributed by atoms with Crippen LogP contribution in [0.3, 0.4) is 0 Å². The fourth-order valence-electron chi connectivity index (χ4n) is 3.21. The van der Waals surface area contributed by atoms with E-state index in [1.807, 2.05) is 0 Å². The molecule has 0 spiro atoms. The van der Waals surface area contributed by atoms with Gasteiger partial charge in [0.1, 0.15) is 24.9 Å². The molecule has 2 rings (SSSR count). The lowest BCUT2D eigenvalue weighted by atomic mass is 9.87. The third kappa shape index (κ3) is 4.55. The number of carbonyl (C=O) groups is 1. The second-order valence-corrected chi connectivity index (χ2v) is 10.7. The van der Waals surface area contributed by atoms with E-state index >= 15 is 0 Å². The number of rotatable bonds is 7. The van der Waals surface area contributed by atoms with Crippen molar-refractivity contribution in [2.75, 3.05) is 13.2 Å². The first-order valence-corrected chi connectivity index (χ1v) is 9.21. The Bertz CT molecular complexity index is 608. The van der Waals surface area contributed by atoms with Crippen LogP contribution in [0.15, 0.2) is 0 Å². The number of hydrogen-bond acceptors (Lipinski definition) is 6. The first-order chi connectivity index (χ1) is 11.0. The van der Waals surface area contributed by atoms with Gasteiger partial charge in [-0.1, -0.05) is 50.3 Å². The Hall–Kier alpha value is -0.990. The molecule has 0 amide bonds. The highest BCUT2D eigenvalue weighted by molar-refractivity contribution is 14.1. The van der Waals surface area contributed by atoms with Crippen molar-refractivity contribution >= 4 is 28.6 Å². The number of aryl methyl sites for hydroxylation is 2. The summed E-state index contributed by atoms with van der Waals surface area (Å²) in [6.45, 7) is 12.5. The van der Waals surface area contributed by atoms with E-state index in [-0.39, 0.29) is 39.4 Å².